The number of aliphatic hydroxyl groups is 1. The minimum Gasteiger partial charge on any atom is -0.480 e. The normalized spacial score (nSPS) is 15.2. The van der Waals surface area contributed by atoms with Crippen LogP contribution in [0.25, 0.3) is 0 Å². The van der Waals surface area contributed by atoms with Crippen LogP contribution in [0.1, 0.15) is 23.6 Å². The summed E-state index contributed by atoms with van der Waals surface area (Å²) in [5.74, 6) is -1.27. The molecule has 0 saturated heterocycles. The first-order valence-electron chi connectivity index (χ1n) is 6.32. The van der Waals surface area contributed by atoms with Gasteiger partial charge in [0.2, 0.25) is 0 Å². The minimum atomic E-state index is -1.31. The van der Waals surface area contributed by atoms with E-state index in [0.29, 0.717) is 6.42 Å². The van der Waals surface area contributed by atoms with E-state index in [1.54, 1.807) is 11.3 Å². The molecular weight excluding hydrogens is 280 g/mol. The number of thiophene rings is 1. The van der Waals surface area contributed by atoms with Crippen LogP contribution in [-0.2, 0) is 11.2 Å². The predicted molar refractivity (Wildman–Crippen MR) is 77.0 cm³/mol. The van der Waals surface area contributed by atoms with Gasteiger partial charge in [0, 0.05) is 22.2 Å². The fourth-order valence-electron chi connectivity index (χ4n) is 1.74. The number of aliphatic hydroxyl groups excluding tert-OH is 1. The van der Waals surface area contributed by atoms with Gasteiger partial charge in [-0.2, -0.15) is 0 Å². The van der Waals surface area contributed by atoms with Crippen LogP contribution in [0.2, 0.25) is 0 Å². The number of aryl methyl sites for hydroxylation is 1. The zero-order valence-corrected chi connectivity index (χ0v) is 12.5. The Kier molecular flexibility index (Phi) is 5.97. The number of hydrogen-bond donors (Lipinski definition) is 4. The van der Waals surface area contributed by atoms with Crippen molar-refractivity contribution in [3.63, 3.8) is 0 Å². The lowest BCUT2D eigenvalue weighted by molar-refractivity contribution is -0.141. The average Bonchev–Trinajstić information content (AvgIpc) is 2.70. The lowest BCUT2D eigenvalue weighted by atomic mass is 10.2. The van der Waals surface area contributed by atoms with Crippen LogP contribution < -0.4 is 10.6 Å². The van der Waals surface area contributed by atoms with Crippen LogP contribution in [0.15, 0.2) is 12.1 Å². The molecule has 2 amide bonds. The first kappa shape index (κ1) is 16.5. The minimum absolute atomic E-state index is 0.128. The highest BCUT2D eigenvalue weighted by Crippen LogP contribution is 2.16. The SMILES string of the molecule is Cc1ccc(CC(C)NC(=O)NC(C(=O)O)C(C)O)s1. The lowest BCUT2D eigenvalue weighted by Crippen LogP contribution is -2.52. The Morgan fingerprint density at radius 1 is 1.30 bits per heavy atom. The molecule has 0 aliphatic heterocycles. The van der Waals surface area contributed by atoms with Crippen molar-refractivity contribution in [3.05, 3.63) is 21.9 Å². The van der Waals surface area contributed by atoms with Gasteiger partial charge >= 0.3 is 12.0 Å². The smallest absolute Gasteiger partial charge is 0.328 e. The summed E-state index contributed by atoms with van der Waals surface area (Å²) in [6, 6.07) is 1.98. The number of amides is 2. The van der Waals surface area contributed by atoms with Gasteiger partial charge < -0.3 is 20.8 Å². The maximum absolute atomic E-state index is 11.7. The molecule has 3 atom stereocenters. The third-order valence-corrected chi connectivity index (χ3v) is 3.74. The fourth-order valence-corrected chi connectivity index (χ4v) is 2.76. The highest BCUT2D eigenvalue weighted by molar-refractivity contribution is 7.11. The van der Waals surface area contributed by atoms with Crippen LogP contribution in [-0.4, -0.2) is 40.4 Å². The van der Waals surface area contributed by atoms with Crippen molar-refractivity contribution in [2.24, 2.45) is 0 Å². The highest BCUT2D eigenvalue weighted by Gasteiger charge is 2.25. The molecule has 1 rings (SSSR count). The summed E-state index contributed by atoms with van der Waals surface area (Å²) in [4.78, 5) is 24.9. The summed E-state index contributed by atoms with van der Waals surface area (Å²) in [6.45, 7) is 5.17. The largest absolute Gasteiger partial charge is 0.480 e. The van der Waals surface area contributed by atoms with Gasteiger partial charge in [0.05, 0.1) is 6.10 Å². The third-order valence-electron chi connectivity index (χ3n) is 2.72. The van der Waals surface area contributed by atoms with Crippen molar-refractivity contribution in [1.82, 2.24) is 10.6 Å². The van der Waals surface area contributed by atoms with Gasteiger partial charge in [0.15, 0.2) is 6.04 Å². The second kappa shape index (κ2) is 7.25. The molecule has 6 nitrogen and oxygen atoms in total. The van der Waals surface area contributed by atoms with Gasteiger partial charge in [0.1, 0.15) is 0 Å². The van der Waals surface area contributed by atoms with Gasteiger partial charge in [0.25, 0.3) is 0 Å². The van der Waals surface area contributed by atoms with Crippen molar-refractivity contribution in [2.75, 3.05) is 0 Å². The summed E-state index contributed by atoms with van der Waals surface area (Å²) in [5, 5.41) is 23.0. The topological polar surface area (TPSA) is 98.7 Å². The molecule has 0 bridgehead atoms. The van der Waals surface area contributed by atoms with Crippen LogP contribution in [0.4, 0.5) is 4.79 Å². The Balaban J connectivity index is 2.46. The molecule has 1 aromatic heterocycles. The van der Waals surface area contributed by atoms with E-state index < -0.39 is 24.1 Å². The predicted octanol–water partition coefficient (Wildman–Crippen LogP) is 1.12. The van der Waals surface area contributed by atoms with E-state index in [1.165, 1.54) is 11.8 Å². The van der Waals surface area contributed by atoms with Crippen molar-refractivity contribution in [1.29, 1.82) is 0 Å². The molecule has 0 saturated carbocycles. The van der Waals surface area contributed by atoms with Crippen molar-refractivity contribution in [2.45, 2.75) is 45.4 Å². The van der Waals surface area contributed by atoms with Gasteiger partial charge in [-0.1, -0.05) is 0 Å². The molecule has 20 heavy (non-hydrogen) atoms. The Morgan fingerprint density at radius 3 is 2.40 bits per heavy atom. The van der Waals surface area contributed by atoms with E-state index in [1.807, 2.05) is 26.0 Å². The van der Waals surface area contributed by atoms with Crippen molar-refractivity contribution < 1.29 is 19.8 Å². The number of rotatable bonds is 6. The summed E-state index contributed by atoms with van der Waals surface area (Å²) in [7, 11) is 0. The average molecular weight is 300 g/mol. The molecule has 1 heterocycles. The summed E-state index contributed by atoms with van der Waals surface area (Å²) in [6.07, 6.45) is -0.480. The quantitative estimate of drug-likeness (QED) is 0.632. The first-order valence-corrected chi connectivity index (χ1v) is 7.14. The zero-order chi connectivity index (χ0) is 15.3. The molecule has 3 unspecified atom stereocenters. The molecule has 0 aromatic carbocycles. The Hall–Kier alpha value is -1.60. The molecule has 0 fully saturated rings. The van der Waals surface area contributed by atoms with Gasteiger partial charge in [-0.15, -0.1) is 11.3 Å². The molecule has 7 heteroatoms. The van der Waals surface area contributed by atoms with Gasteiger partial charge in [-0.25, -0.2) is 9.59 Å². The Bertz CT molecular complexity index is 473. The number of carboxylic acid groups (broad SMARTS) is 1. The van der Waals surface area contributed by atoms with E-state index in [9.17, 15) is 14.7 Å². The maximum Gasteiger partial charge on any atom is 0.328 e. The molecule has 0 aliphatic carbocycles. The second-order valence-corrected chi connectivity index (χ2v) is 6.16. The molecule has 0 aliphatic rings. The summed E-state index contributed by atoms with van der Waals surface area (Å²) >= 11 is 1.66. The standard InChI is InChI=1S/C13H20N2O4S/c1-7(6-10-5-4-8(2)20-10)14-13(19)15-11(9(3)16)12(17)18/h4-5,7,9,11,16H,6H2,1-3H3,(H,17,18)(H2,14,15,19). The van der Waals surface area contributed by atoms with E-state index >= 15 is 0 Å². The van der Waals surface area contributed by atoms with E-state index in [4.69, 9.17) is 5.11 Å². The van der Waals surface area contributed by atoms with Gasteiger partial charge in [-0.05, 0) is 32.9 Å². The number of carbonyl (C=O) groups is 2. The van der Waals surface area contributed by atoms with Crippen molar-refractivity contribution >= 4 is 23.3 Å². The van der Waals surface area contributed by atoms with Crippen LogP contribution in [0, 0.1) is 6.92 Å². The summed E-state index contributed by atoms with van der Waals surface area (Å²) < 4.78 is 0. The zero-order valence-electron chi connectivity index (χ0n) is 11.7. The van der Waals surface area contributed by atoms with E-state index in [0.717, 1.165) is 4.88 Å². The van der Waals surface area contributed by atoms with Crippen LogP contribution in [0.5, 0.6) is 0 Å². The van der Waals surface area contributed by atoms with Crippen LogP contribution >= 0.6 is 11.3 Å². The molecule has 0 spiro atoms. The van der Waals surface area contributed by atoms with Gasteiger partial charge in [-0.3, -0.25) is 0 Å². The maximum atomic E-state index is 11.7. The lowest BCUT2D eigenvalue weighted by Gasteiger charge is -2.19. The van der Waals surface area contributed by atoms with Crippen molar-refractivity contribution in [3.8, 4) is 0 Å². The molecule has 0 radical (unpaired) electrons. The highest BCUT2D eigenvalue weighted by atomic mass is 32.1. The number of carboxylic acids is 1. The number of hydrogen-bond acceptors (Lipinski definition) is 4. The second-order valence-electron chi connectivity index (χ2n) is 4.79. The molecule has 1 aromatic rings. The van der Waals surface area contributed by atoms with E-state index in [2.05, 4.69) is 10.6 Å². The fraction of sp³-hybridized carbons (Fsp3) is 0.538. The number of carbonyl (C=O) groups excluding carboxylic acids is 1. The molecule has 112 valence electrons. The van der Waals surface area contributed by atoms with Crippen LogP contribution in [0.3, 0.4) is 0 Å². The summed E-state index contributed by atoms with van der Waals surface area (Å²) in [5.41, 5.74) is 0. The van der Waals surface area contributed by atoms with E-state index in [-0.39, 0.29) is 6.04 Å². The monoisotopic (exact) mass is 300 g/mol. The first-order chi connectivity index (χ1) is 9.29. The Morgan fingerprint density at radius 2 is 1.95 bits per heavy atom. The molecular formula is C13H20N2O4S. The number of nitrogens with one attached hydrogen (secondary N) is 2. The Labute approximate surface area is 121 Å². The third kappa shape index (κ3) is 5.18. The number of urea groups is 1. The molecule has 4 N–H and O–H groups in total. The number of aliphatic carboxylic acids is 1.